The van der Waals surface area contributed by atoms with Crippen molar-refractivity contribution in [3.8, 4) is 17.2 Å². The molecular weight excluding hydrogens is 576 g/mol. The molecule has 1 saturated heterocycles. The molecule has 0 aromatic heterocycles. The molecule has 1 N–H and O–H groups in total. The van der Waals surface area contributed by atoms with Crippen molar-refractivity contribution in [2.75, 3.05) is 19.6 Å². The SMILES string of the molecule is CC(=O)Oc1cc(O)c2c3c1O[C@H]1[C@@H](N(CC(C)C)C(=O)C=Cc4ccccc4)CC[C@H]4[C@@H](C2)N(CCc2ccccc2)CC[C@@]341. The molecule has 2 heterocycles. The summed E-state index contributed by atoms with van der Waals surface area (Å²) in [4.78, 5) is 30.9. The van der Waals surface area contributed by atoms with Gasteiger partial charge in [-0.05, 0) is 67.7 Å². The molecule has 2 aliphatic heterocycles. The highest BCUT2D eigenvalue weighted by atomic mass is 16.6. The summed E-state index contributed by atoms with van der Waals surface area (Å²) in [5, 5.41) is 11.5. The molecule has 7 nitrogen and oxygen atoms in total. The Morgan fingerprint density at radius 3 is 2.57 bits per heavy atom. The Hall–Kier alpha value is -4.10. The molecule has 1 saturated carbocycles. The predicted octanol–water partition coefficient (Wildman–Crippen LogP) is 6.17. The van der Waals surface area contributed by atoms with Gasteiger partial charge < -0.3 is 19.5 Å². The number of piperidine rings is 1. The Morgan fingerprint density at radius 2 is 1.85 bits per heavy atom. The predicted molar refractivity (Wildman–Crippen MR) is 178 cm³/mol. The molecule has 4 aliphatic rings. The second kappa shape index (κ2) is 12.3. The number of phenolic OH excluding ortho intramolecular Hbond substituents is 1. The summed E-state index contributed by atoms with van der Waals surface area (Å²) >= 11 is 0. The summed E-state index contributed by atoms with van der Waals surface area (Å²) in [5.41, 5.74) is 3.85. The van der Waals surface area contributed by atoms with Gasteiger partial charge in [0.05, 0.1) is 6.04 Å². The minimum Gasteiger partial charge on any atom is -0.508 e. The Kier molecular flexibility index (Phi) is 8.14. The van der Waals surface area contributed by atoms with Crippen molar-refractivity contribution < 1.29 is 24.2 Å². The van der Waals surface area contributed by atoms with Gasteiger partial charge in [-0.15, -0.1) is 0 Å². The van der Waals surface area contributed by atoms with Crippen LogP contribution in [0.25, 0.3) is 6.08 Å². The van der Waals surface area contributed by atoms with Crippen LogP contribution in [0.15, 0.2) is 72.8 Å². The van der Waals surface area contributed by atoms with Gasteiger partial charge in [-0.25, -0.2) is 0 Å². The first kappa shape index (κ1) is 30.5. The molecule has 1 amide bonds. The molecule has 7 heteroatoms. The van der Waals surface area contributed by atoms with Crippen molar-refractivity contribution in [1.29, 1.82) is 0 Å². The second-order valence-corrected chi connectivity index (χ2v) is 13.9. The summed E-state index contributed by atoms with van der Waals surface area (Å²) in [6.07, 6.45) is 7.63. The van der Waals surface area contributed by atoms with Crippen LogP contribution < -0.4 is 9.47 Å². The molecule has 2 fully saturated rings. The fourth-order valence-electron chi connectivity index (χ4n) is 9.01. The number of rotatable bonds is 9. The molecule has 240 valence electrons. The Morgan fingerprint density at radius 1 is 1.11 bits per heavy atom. The van der Waals surface area contributed by atoms with E-state index in [1.54, 1.807) is 12.1 Å². The molecule has 46 heavy (non-hydrogen) atoms. The van der Waals surface area contributed by atoms with E-state index < -0.39 is 5.97 Å². The average molecular weight is 621 g/mol. The van der Waals surface area contributed by atoms with Crippen LogP contribution in [-0.4, -0.2) is 64.6 Å². The number of nitrogens with zero attached hydrogens (tertiary/aromatic N) is 2. The van der Waals surface area contributed by atoms with Gasteiger partial charge in [-0.2, -0.15) is 0 Å². The first-order valence-electron chi connectivity index (χ1n) is 16.8. The highest BCUT2D eigenvalue weighted by molar-refractivity contribution is 5.92. The van der Waals surface area contributed by atoms with E-state index in [0.29, 0.717) is 18.2 Å². The second-order valence-electron chi connectivity index (χ2n) is 13.9. The van der Waals surface area contributed by atoms with Crippen LogP contribution in [0, 0.1) is 11.8 Å². The normalized spacial score (nSPS) is 26.1. The topological polar surface area (TPSA) is 79.3 Å². The summed E-state index contributed by atoms with van der Waals surface area (Å²) in [6.45, 7) is 8.13. The van der Waals surface area contributed by atoms with Crippen molar-refractivity contribution in [2.45, 2.75) is 76.5 Å². The number of benzene rings is 3. The van der Waals surface area contributed by atoms with Gasteiger partial charge in [0.15, 0.2) is 11.5 Å². The zero-order chi connectivity index (χ0) is 32.0. The van der Waals surface area contributed by atoms with Crippen LogP contribution in [0.4, 0.5) is 0 Å². The van der Waals surface area contributed by atoms with Gasteiger partial charge in [-0.1, -0.05) is 74.5 Å². The zero-order valence-electron chi connectivity index (χ0n) is 27.0. The highest BCUT2D eigenvalue weighted by Crippen LogP contribution is 2.65. The monoisotopic (exact) mass is 620 g/mol. The average Bonchev–Trinajstić information content (AvgIpc) is 3.39. The molecule has 7 rings (SSSR count). The third-order valence-corrected chi connectivity index (χ3v) is 10.7. The summed E-state index contributed by atoms with van der Waals surface area (Å²) in [5.74, 6) is 1.12. The number of aromatic hydroxyl groups is 1. The Labute approximate surface area is 271 Å². The van der Waals surface area contributed by atoms with Gasteiger partial charge in [0.1, 0.15) is 11.9 Å². The number of ether oxygens (including phenoxy) is 2. The molecule has 1 spiro atoms. The molecule has 0 unspecified atom stereocenters. The third-order valence-electron chi connectivity index (χ3n) is 10.7. The molecule has 3 aromatic carbocycles. The number of carbonyl (C=O) groups is 2. The smallest absolute Gasteiger partial charge is 0.308 e. The Balaban J connectivity index is 1.28. The van der Waals surface area contributed by atoms with E-state index in [-0.39, 0.29) is 46.9 Å². The maximum absolute atomic E-state index is 14.1. The molecule has 5 atom stereocenters. The molecule has 0 radical (unpaired) electrons. The van der Waals surface area contributed by atoms with Crippen LogP contribution in [0.1, 0.15) is 62.3 Å². The quantitative estimate of drug-likeness (QED) is 0.175. The van der Waals surface area contributed by atoms with Gasteiger partial charge in [0, 0.05) is 54.7 Å². The maximum atomic E-state index is 14.1. The van der Waals surface area contributed by atoms with Gasteiger partial charge in [0.25, 0.3) is 0 Å². The standard InChI is InChI=1S/C39H44N2O5/c1-25(2)24-41(35(44)17-14-27-10-6-4-7-11-27)31-16-15-30-32-22-29-33(43)23-34(45-26(3)42)37-36(29)39(30,38(31)46-37)19-21-40(32)20-18-28-12-8-5-9-13-28/h4-14,17,23,25,30-32,38,43H,15-16,18-22,24H2,1-3H3/t30-,31-,32+,38-,39-/m0/s1. The molecule has 2 aliphatic carbocycles. The van der Waals surface area contributed by atoms with E-state index in [9.17, 15) is 14.7 Å². The number of phenols is 1. The lowest BCUT2D eigenvalue weighted by Crippen LogP contribution is -2.69. The van der Waals surface area contributed by atoms with Gasteiger partial charge in [0.2, 0.25) is 5.91 Å². The lowest BCUT2D eigenvalue weighted by molar-refractivity contribution is -0.138. The van der Waals surface area contributed by atoms with Gasteiger partial charge in [-0.3, -0.25) is 14.5 Å². The first-order chi connectivity index (χ1) is 22.3. The van der Waals surface area contributed by atoms with Crippen molar-refractivity contribution >= 4 is 18.0 Å². The summed E-state index contributed by atoms with van der Waals surface area (Å²) in [7, 11) is 0. The Bertz CT molecular complexity index is 1640. The van der Waals surface area contributed by atoms with Gasteiger partial charge >= 0.3 is 5.97 Å². The largest absolute Gasteiger partial charge is 0.508 e. The van der Waals surface area contributed by atoms with Crippen molar-refractivity contribution in [3.63, 3.8) is 0 Å². The van der Waals surface area contributed by atoms with E-state index >= 15 is 0 Å². The summed E-state index contributed by atoms with van der Waals surface area (Å²) in [6, 6.07) is 22.2. The third kappa shape index (κ3) is 5.28. The van der Waals surface area contributed by atoms with Crippen LogP contribution in [0.5, 0.6) is 17.2 Å². The van der Waals surface area contributed by atoms with Crippen LogP contribution in [0.3, 0.4) is 0 Å². The van der Waals surface area contributed by atoms with Crippen molar-refractivity contribution in [1.82, 2.24) is 9.80 Å². The summed E-state index contributed by atoms with van der Waals surface area (Å²) < 4.78 is 12.7. The van der Waals surface area contributed by atoms with Crippen LogP contribution in [0.2, 0.25) is 0 Å². The van der Waals surface area contributed by atoms with Crippen LogP contribution >= 0.6 is 0 Å². The van der Waals surface area contributed by atoms with E-state index in [1.165, 1.54) is 12.5 Å². The molecule has 3 aromatic rings. The lowest BCUT2D eigenvalue weighted by Gasteiger charge is -2.60. The number of carbonyl (C=O) groups excluding carboxylic acids is 2. The van der Waals surface area contributed by atoms with E-state index in [4.69, 9.17) is 9.47 Å². The minimum absolute atomic E-state index is 0.0205. The first-order valence-corrected chi connectivity index (χ1v) is 16.8. The number of hydrogen-bond donors (Lipinski definition) is 1. The fraction of sp³-hybridized carbons (Fsp3) is 0.436. The molecular formula is C39H44N2O5. The molecule has 2 bridgehead atoms. The number of hydrogen-bond acceptors (Lipinski definition) is 6. The fourth-order valence-corrected chi connectivity index (χ4v) is 9.01. The number of likely N-dealkylation sites (tertiary alicyclic amines) is 1. The lowest BCUT2D eigenvalue weighted by atomic mass is 9.50. The van der Waals surface area contributed by atoms with Crippen molar-refractivity contribution in [2.24, 2.45) is 11.8 Å². The zero-order valence-corrected chi connectivity index (χ0v) is 27.0. The van der Waals surface area contributed by atoms with E-state index in [2.05, 4.69) is 49.1 Å². The maximum Gasteiger partial charge on any atom is 0.308 e. The number of amides is 1. The van der Waals surface area contributed by atoms with Crippen molar-refractivity contribution in [3.05, 3.63) is 95.1 Å². The van der Waals surface area contributed by atoms with E-state index in [0.717, 1.165) is 61.9 Å². The minimum atomic E-state index is -0.452. The highest BCUT2D eigenvalue weighted by Gasteiger charge is 2.67. The number of esters is 1. The van der Waals surface area contributed by atoms with E-state index in [1.807, 2.05) is 41.3 Å². The van der Waals surface area contributed by atoms with Crippen LogP contribution in [-0.2, 0) is 27.8 Å².